The normalized spacial score (nSPS) is 13.5. The number of nitrogens with zero attached hydrogens (tertiary/aromatic N) is 1. The zero-order chi connectivity index (χ0) is 16.5. The second-order valence-electron chi connectivity index (χ2n) is 5.10. The Morgan fingerprint density at radius 1 is 1.00 bits per heavy atom. The maximum atomic E-state index is 13.7. The SMILES string of the molecule is CCCCN(c1ccccc1)P(=O)(OCC)Sc1ccccc1. The Hall–Kier alpha value is -1.22. The van der Waals surface area contributed by atoms with E-state index in [4.69, 9.17) is 4.52 Å². The first kappa shape index (κ1) is 18.1. The van der Waals surface area contributed by atoms with Crippen LogP contribution in [0.1, 0.15) is 26.7 Å². The molecule has 124 valence electrons. The first-order valence-corrected chi connectivity index (χ1v) is 11.0. The third-order valence-electron chi connectivity index (χ3n) is 3.33. The molecule has 0 radical (unpaired) electrons. The van der Waals surface area contributed by atoms with E-state index in [9.17, 15) is 4.57 Å². The van der Waals surface area contributed by atoms with E-state index >= 15 is 0 Å². The summed E-state index contributed by atoms with van der Waals surface area (Å²) in [4.78, 5) is 0.960. The molecule has 0 amide bonds. The Morgan fingerprint density at radius 2 is 1.61 bits per heavy atom. The fraction of sp³-hybridized carbons (Fsp3) is 0.333. The molecule has 1 atom stereocenters. The van der Waals surface area contributed by atoms with Crippen molar-refractivity contribution in [1.82, 2.24) is 0 Å². The van der Waals surface area contributed by atoms with Gasteiger partial charge in [0.1, 0.15) is 0 Å². The first-order valence-electron chi connectivity index (χ1n) is 8.02. The molecule has 0 spiro atoms. The van der Waals surface area contributed by atoms with Crippen LogP contribution in [0.5, 0.6) is 0 Å². The Kier molecular flexibility index (Phi) is 7.22. The second-order valence-corrected chi connectivity index (χ2v) is 9.37. The summed E-state index contributed by atoms with van der Waals surface area (Å²) in [7, 11) is 0. The van der Waals surface area contributed by atoms with E-state index in [0.29, 0.717) is 6.61 Å². The van der Waals surface area contributed by atoms with Gasteiger partial charge in [0.05, 0.1) is 6.61 Å². The molecule has 0 saturated carbocycles. The van der Waals surface area contributed by atoms with Crippen molar-refractivity contribution >= 4 is 23.8 Å². The molecule has 0 aliphatic rings. The van der Waals surface area contributed by atoms with Gasteiger partial charge in [-0.3, -0.25) is 9.24 Å². The molecular weight excluding hydrogens is 325 g/mol. The quantitative estimate of drug-likeness (QED) is 0.502. The monoisotopic (exact) mass is 349 g/mol. The lowest BCUT2D eigenvalue weighted by atomic mass is 10.3. The van der Waals surface area contributed by atoms with Crippen molar-refractivity contribution in [1.29, 1.82) is 0 Å². The minimum atomic E-state index is -3.05. The highest BCUT2D eigenvalue weighted by atomic mass is 32.7. The van der Waals surface area contributed by atoms with Crippen LogP contribution < -0.4 is 4.67 Å². The van der Waals surface area contributed by atoms with Crippen LogP contribution in [0.4, 0.5) is 5.69 Å². The highest BCUT2D eigenvalue weighted by Gasteiger charge is 2.33. The molecule has 0 heterocycles. The van der Waals surface area contributed by atoms with Crippen molar-refractivity contribution in [2.75, 3.05) is 17.8 Å². The summed E-state index contributed by atoms with van der Waals surface area (Å²) in [5.74, 6) is 0. The zero-order valence-corrected chi connectivity index (χ0v) is 15.4. The van der Waals surface area contributed by atoms with E-state index in [2.05, 4.69) is 6.92 Å². The van der Waals surface area contributed by atoms with Gasteiger partial charge in [0.15, 0.2) is 0 Å². The highest BCUT2D eigenvalue weighted by Crippen LogP contribution is 2.66. The van der Waals surface area contributed by atoms with Gasteiger partial charge < -0.3 is 4.52 Å². The van der Waals surface area contributed by atoms with Gasteiger partial charge in [-0.1, -0.05) is 49.7 Å². The van der Waals surface area contributed by atoms with Crippen molar-refractivity contribution in [3.63, 3.8) is 0 Å². The van der Waals surface area contributed by atoms with Crippen molar-refractivity contribution in [3.05, 3.63) is 60.7 Å². The van der Waals surface area contributed by atoms with Gasteiger partial charge in [0.2, 0.25) is 0 Å². The fourth-order valence-electron chi connectivity index (χ4n) is 2.22. The molecule has 2 aromatic carbocycles. The van der Waals surface area contributed by atoms with Crippen molar-refractivity contribution in [3.8, 4) is 0 Å². The summed E-state index contributed by atoms with van der Waals surface area (Å²) in [6.07, 6.45) is 2.02. The molecule has 0 bridgehead atoms. The summed E-state index contributed by atoms with van der Waals surface area (Å²) < 4.78 is 21.4. The minimum absolute atomic E-state index is 0.423. The summed E-state index contributed by atoms with van der Waals surface area (Å²) in [6.45, 7) is 2.12. The summed E-state index contributed by atoms with van der Waals surface area (Å²) in [5.41, 5.74) is 0.946. The Balaban J connectivity index is 2.34. The topological polar surface area (TPSA) is 29.5 Å². The maximum absolute atomic E-state index is 13.7. The molecule has 2 rings (SSSR count). The lowest BCUT2D eigenvalue weighted by molar-refractivity contribution is 0.343. The number of anilines is 1. The summed E-state index contributed by atoms with van der Waals surface area (Å²) >= 11 is 1.33. The second kappa shape index (κ2) is 9.17. The largest absolute Gasteiger partial charge is 0.358 e. The average Bonchev–Trinajstić information content (AvgIpc) is 2.57. The lowest BCUT2D eigenvalue weighted by Crippen LogP contribution is -2.21. The van der Waals surface area contributed by atoms with E-state index in [0.717, 1.165) is 30.0 Å². The van der Waals surface area contributed by atoms with Gasteiger partial charge in [0, 0.05) is 17.1 Å². The molecule has 0 fully saturated rings. The molecule has 23 heavy (non-hydrogen) atoms. The van der Waals surface area contributed by atoms with Crippen LogP contribution in [0.3, 0.4) is 0 Å². The molecule has 0 N–H and O–H groups in total. The Bertz CT molecular complexity index is 621. The predicted molar refractivity (Wildman–Crippen MR) is 100 cm³/mol. The molecular formula is C18H24NO2PS. The summed E-state index contributed by atoms with van der Waals surface area (Å²) in [6, 6.07) is 19.7. The van der Waals surface area contributed by atoms with Crippen molar-refractivity contribution in [2.45, 2.75) is 31.6 Å². The van der Waals surface area contributed by atoms with Gasteiger partial charge in [-0.25, -0.2) is 0 Å². The van der Waals surface area contributed by atoms with E-state index < -0.39 is 6.72 Å². The highest BCUT2D eigenvalue weighted by molar-refractivity contribution is 8.57. The van der Waals surface area contributed by atoms with Crippen LogP contribution >= 0.6 is 18.1 Å². The molecule has 5 heteroatoms. The van der Waals surface area contributed by atoms with E-state index in [1.54, 1.807) is 0 Å². The molecule has 1 unspecified atom stereocenters. The molecule has 0 aromatic heterocycles. The molecule has 2 aromatic rings. The average molecular weight is 349 g/mol. The van der Waals surface area contributed by atoms with E-state index in [-0.39, 0.29) is 0 Å². The number of rotatable bonds is 9. The van der Waals surface area contributed by atoms with Crippen LogP contribution in [0.15, 0.2) is 65.6 Å². The van der Waals surface area contributed by atoms with Crippen molar-refractivity contribution < 1.29 is 9.09 Å². The third kappa shape index (κ3) is 5.13. The minimum Gasteiger partial charge on any atom is -0.306 e. The molecule has 0 aliphatic heterocycles. The van der Waals surface area contributed by atoms with Gasteiger partial charge in [-0.05, 0) is 49.0 Å². The number of unbranched alkanes of at least 4 members (excludes halogenated alkanes) is 1. The number of para-hydroxylation sites is 1. The molecule has 0 saturated heterocycles. The Morgan fingerprint density at radius 3 is 2.17 bits per heavy atom. The molecule has 3 nitrogen and oxygen atoms in total. The van der Waals surface area contributed by atoms with Crippen LogP contribution in [-0.4, -0.2) is 13.2 Å². The number of hydrogen-bond donors (Lipinski definition) is 0. The molecule has 0 aliphatic carbocycles. The third-order valence-corrected chi connectivity index (χ3v) is 7.88. The predicted octanol–water partition coefficient (Wildman–Crippen LogP) is 6.23. The Labute approximate surface area is 143 Å². The van der Waals surface area contributed by atoms with Crippen LogP contribution in [0.25, 0.3) is 0 Å². The zero-order valence-electron chi connectivity index (χ0n) is 13.7. The van der Waals surface area contributed by atoms with Gasteiger partial charge in [0.25, 0.3) is 0 Å². The standard InChI is InChI=1S/C18H24NO2PS/c1-3-5-16-19(17-12-8-6-9-13-17)22(20,21-4-2)23-18-14-10-7-11-15-18/h6-15H,3-5,16H2,1-2H3. The number of hydrogen-bond acceptors (Lipinski definition) is 3. The van der Waals surface area contributed by atoms with E-state index in [1.807, 2.05) is 72.3 Å². The smallest absolute Gasteiger partial charge is 0.306 e. The lowest BCUT2D eigenvalue weighted by Gasteiger charge is -2.32. The van der Waals surface area contributed by atoms with E-state index in [1.165, 1.54) is 11.4 Å². The maximum Gasteiger partial charge on any atom is 0.358 e. The fourth-order valence-corrected chi connectivity index (χ4v) is 6.65. The van der Waals surface area contributed by atoms with Crippen LogP contribution in [-0.2, 0) is 9.09 Å². The van der Waals surface area contributed by atoms with Gasteiger partial charge >= 0.3 is 6.72 Å². The summed E-state index contributed by atoms with van der Waals surface area (Å²) in [5, 5.41) is 0. The van der Waals surface area contributed by atoms with Crippen LogP contribution in [0, 0.1) is 0 Å². The number of benzene rings is 2. The van der Waals surface area contributed by atoms with Gasteiger partial charge in [-0.15, -0.1) is 0 Å². The van der Waals surface area contributed by atoms with Gasteiger partial charge in [-0.2, -0.15) is 0 Å². The van der Waals surface area contributed by atoms with Crippen molar-refractivity contribution in [2.24, 2.45) is 0 Å². The first-order chi connectivity index (χ1) is 11.2. The van der Waals surface area contributed by atoms with Crippen LogP contribution in [0.2, 0.25) is 0 Å².